The van der Waals surface area contributed by atoms with Crippen molar-refractivity contribution < 1.29 is 18.0 Å². The second-order valence-electron chi connectivity index (χ2n) is 5.32. The van der Waals surface area contributed by atoms with Gasteiger partial charge >= 0.3 is 6.18 Å². The number of benzene rings is 3. The van der Waals surface area contributed by atoms with Crippen molar-refractivity contribution in [1.29, 1.82) is 0 Å². The van der Waals surface area contributed by atoms with Gasteiger partial charge in [-0.15, -0.1) is 0 Å². The summed E-state index contributed by atoms with van der Waals surface area (Å²) >= 11 is 0. The van der Waals surface area contributed by atoms with Gasteiger partial charge in [-0.2, -0.15) is 13.2 Å². The van der Waals surface area contributed by atoms with Crippen LogP contribution < -0.4 is 11.1 Å². The number of carbonyl (C=O) groups is 1. The number of nitrogen functional groups attached to an aromatic ring is 1. The number of nitrogens with two attached hydrogens (primary N) is 1. The molecule has 0 aliphatic rings. The summed E-state index contributed by atoms with van der Waals surface area (Å²) in [4.78, 5) is 12.3. The van der Waals surface area contributed by atoms with Crippen molar-refractivity contribution >= 4 is 28.1 Å². The van der Waals surface area contributed by atoms with E-state index in [9.17, 15) is 18.0 Å². The lowest BCUT2D eigenvalue weighted by Gasteiger charge is -2.12. The molecule has 0 aromatic heterocycles. The van der Waals surface area contributed by atoms with Crippen LogP contribution in [0, 0.1) is 0 Å². The molecule has 122 valence electrons. The summed E-state index contributed by atoms with van der Waals surface area (Å²) in [7, 11) is 0. The van der Waals surface area contributed by atoms with Crippen molar-refractivity contribution in [1.82, 2.24) is 0 Å². The molecule has 6 heteroatoms. The molecule has 0 spiro atoms. The molecular formula is C18H13F3N2O. The second kappa shape index (κ2) is 5.88. The first kappa shape index (κ1) is 15.9. The van der Waals surface area contributed by atoms with E-state index in [-0.39, 0.29) is 11.4 Å². The first-order valence-electron chi connectivity index (χ1n) is 7.11. The number of carbonyl (C=O) groups excluding carboxylic acids is 1. The summed E-state index contributed by atoms with van der Waals surface area (Å²) in [5.41, 5.74) is 5.16. The predicted octanol–water partition coefficient (Wildman–Crippen LogP) is 4.69. The quantitative estimate of drug-likeness (QED) is 0.670. The lowest BCUT2D eigenvalue weighted by atomic mass is 10.1. The number of nitrogens with one attached hydrogen (secondary N) is 1. The van der Waals surface area contributed by atoms with Crippen LogP contribution in [0.15, 0.2) is 60.7 Å². The Morgan fingerprint density at radius 2 is 1.62 bits per heavy atom. The number of anilines is 2. The third-order valence-corrected chi connectivity index (χ3v) is 3.64. The zero-order valence-electron chi connectivity index (χ0n) is 12.4. The van der Waals surface area contributed by atoms with Crippen LogP contribution in [0.25, 0.3) is 10.8 Å². The van der Waals surface area contributed by atoms with Crippen LogP contribution in [0.3, 0.4) is 0 Å². The fraction of sp³-hybridized carbons (Fsp3) is 0.0556. The summed E-state index contributed by atoms with van der Waals surface area (Å²) < 4.78 is 37.9. The molecule has 3 aromatic carbocycles. The maximum Gasteiger partial charge on any atom is 0.416 e. The first-order valence-corrected chi connectivity index (χ1v) is 7.11. The third kappa shape index (κ3) is 3.17. The molecular weight excluding hydrogens is 317 g/mol. The topological polar surface area (TPSA) is 55.1 Å². The fourth-order valence-electron chi connectivity index (χ4n) is 2.38. The van der Waals surface area contributed by atoms with Gasteiger partial charge in [-0.05, 0) is 41.1 Å². The van der Waals surface area contributed by atoms with Crippen LogP contribution in [0.2, 0.25) is 0 Å². The smallest absolute Gasteiger partial charge is 0.397 e. The van der Waals surface area contributed by atoms with Crippen molar-refractivity contribution in [2.75, 3.05) is 11.1 Å². The molecule has 0 saturated carbocycles. The molecule has 0 bridgehead atoms. The molecule has 0 radical (unpaired) electrons. The summed E-state index contributed by atoms with van der Waals surface area (Å²) in [5.74, 6) is -0.438. The largest absolute Gasteiger partial charge is 0.416 e. The minimum atomic E-state index is -4.48. The van der Waals surface area contributed by atoms with E-state index in [4.69, 9.17) is 5.73 Å². The SMILES string of the molecule is Nc1cc(C(F)(F)F)ccc1NC(=O)c1ccc2ccccc2c1. The maximum absolute atomic E-state index is 12.6. The zero-order chi connectivity index (χ0) is 17.3. The molecule has 24 heavy (non-hydrogen) atoms. The predicted molar refractivity (Wildman–Crippen MR) is 87.8 cm³/mol. The van der Waals surface area contributed by atoms with Gasteiger partial charge in [0.05, 0.1) is 16.9 Å². The van der Waals surface area contributed by atoms with Crippen LogP contribution in [0.1, 0.15) is 15.9 Å². The highest BCUT2D eigenvalue weighted by molar-refractivity contribution is 6.07. The van der Waals surface area contributed by atoms with Crippen LogP contribution >= 0.6 is 0 Å². The molecule has 0 aliphatic heterocycles. The Kier molecular flexibility index (Phi) is 3.89. The minimum absolute atomic E-state index is 0.140. The van der Waals surface area contributed by atoms with Crippen molar-refractivity contribution in [3.8, 4) is 0 Å². The van der Waals surface area contributed by atoms with E-state index in [1.54, 1.807) is 18.2 Å². The van der Waals surface area contributed by atoms with Gasteiger partial charge in [0.1, 0.15) is 0 Å². The number of hydrogen-bond donors (Lipinski definition) is 2. The molecule has 0 aliphatic carbocycles. The minimum Gasteiger partial charge on any atom is -0.397 e. The molecule has 3 aromatic rings. The highest BCUT2D eigenvalue weighted by Crippen LogP contribution is 2.33. The first-order chi connectivity index (χ1) is 11.3. The third-order valence-electron chi connectivity index (χ3n) is 3.64. The molecule has 3 nitrogen and oxygen atoms in total. The lowest BCUT2D eigenvalue weighted by Crippen LogP contribution is -2.14. The normalized spacial score (nSPS) is 11.5. The van der Waals surface area contributed by atoms with E-state index in [0.717, 1.165) is 29.0 Å². The van der Waals surface area contributed by atoms with Gasteiger partial charge in [0, 0.05) is 5.56 Å². The van der Waals surface area contributed by atoms with E-state index in [1.165, 1.54) is 0 Å². The molecule has 0 heterocycles. The molecule has 3 rings (SSSR count). The van der Waals surface area contributed by atoms with Gasteiger partial charge in [-0.25, -0.2) is 0 Å². The molecule has 1 amide bonds. The van der Waals surface area contributed by atoms with Crippen molar-refractivity contribution in [3.63, 3.8) is 0 Å². The van der Waals surface area contributed by atoms with Gasteiger partial charge in [-0.3, -0.25) is 4.79 Å². The highest BCUT2D eigenvalue weighted by atomic mass is 19.4. The number of rotatable bonds is 2. The van der Waals surface area contributed by atoms with Crippen molar-refractivity contribution in [2.45, 2.75) is 6.18 Å². The fourth-order valence-corrected chi connectivity index (χ4v) is 2.38. The molecule has 3 N–H and O–H groups in total. The van der Waals surface area contributed by atoms with Crippen LogP contribution in [-0.2, 0) is 6.18 Å². The Hall–Kier alpha value is -3.02. The summed E-state index contributed by atoms with van der Waals surface area (Å²) in [6, 6.07) is 15.6. The number of hydrogen-bond acceptors (Lipinski definition) is 2. The van der Waals surface area contributed by atoms with E-state index in [1.807, 2.05) is 24.3 Å². The van der Waals surface area contributed by atoms with Gasteiger partial charge in [0.2, 0.25) is 0 Å². The number of alkyl halides is 3. The van der Waals surface area contributed by atoms with E-state index < -0.39 is 17.6 Å². The summed E-state index contributed by atoms with van der Waals surface area (Å²) in [6.07, 6.45) is -4.48. The summed E-state index contributed by atoms with van der Waals surface area (Å²) in [5, 5.41) is 4.42. The van der Waals surface area contributed by atoms with Crippen molar-refractivity contribution in [2.24, 2.45) is 0 Å². The van der Waals surface area contributed by atoms with E-state index in [0.29, 0.717) is 5.56 Å². The molecule has 0 unspecified atom stereocenters. The van der Waals surface area contributed by atoms with Gasteiger partial charge in [-0.1, -0.05) is 30.3 Å². The van der Waals surface area contributed by atoms with Crippen molar-refractivity contribution in [3.05, 3.63) is 71.8 Å². The van der Waals surface area contributed by atoms with Crippen LogP contribution in [0.4, 0.5) is 24.5 Å². The van der Waals surface area contributed by atoms with E-state index >= 15 is 0 Å². The average molecular weight is 330 g/mol. The Morgan fingerprint density at radius 3 is 2.29 bits per heavy atom. The second-order valence-corrected chi connectivity index (χ2v) is 5.32. The number of amides is 1. The number of fused-ring (bicyclic) bond motifs is 1. The maximum atomic E-state index is 12.6. The lowest BCUT2D eigenvalue weighted by molar-refractivity contribution is -0.137. The highest BCUT2D eigenvalue weighted by Gasteiger charge is 2.30. The van der Waals surface area contributed by atoms with Gasteiger partial charge in [0.15, 0.2) is 0 Å². The van der Waals surface area contributed by atoms with Crippen LogP contribution in [-0.4, -0.2) is 5.91 Å². The molecule has 0 fully saturated rings. The van der Waals surface area contributed by atoms with E-state index in [2.05, 4.69) is 5.32 Å². The van der Waals surface area contributed by atoms with Crippen LogP contribution in [0.5, 0.6) is 0 Å². The average Bonchev–Trinajstić information content (AvgIpc) is 2.55. The standard InChI is InChI=1S/C18H13F3N2O/c19-18(20,21)14-7-8-16(15(22)10-14)23-17(24)13-6-5-11-3-1-2-4-12(11)9-13/h1-10H,22H2,(H,23,24). The number of halogens is 3. The summed E-state index contributed by atoms with van der Waals surface area (Å²) in [6.45, 7) is 0. The van der Waals surface area contributed by atoms with Gasteiger partial charge < -0.3 is 11.1 Å². The Labute approximate surface area is 135 Å². The molecule has 0 saturated heterocycles. The zero-order valence-corrected chi connectivity index (χ0v) is 12.4. The Balaban J connectivity index is 1.86. The molecule has 0 atom stereocenters. The monoisotopic (exact) mass is 330 g/mol. The Morgan fingerprint density at radius 1 is 0.917 bits per heavy atom. The van der Waals surface area contributed by atoms with Gasteiger partial charge in [0.25, 0.3) is 5.91 Å². The Bertz CT molecular complexity index is 920.